The summed E-state index contributed by atoms with van der Waals surface area (Å²) < 4.78 is 68.7. The lowest BCUT2D eigenvalue weighted by Gasteiger charge is -2.21. The van der Waals surface area contributed by atoms with Crippen LogP contribution >= 0.6 is 15.6 Å². The van der Waals surface area contributed by atoms with E-state index in [1.54, 1.807) is 0 Å². The molecule has 0 bridgehead atoms. The minimum atomic E-state index is -4.96. The van der Waals surface area contributed by atoms with Crippen LogP contribution in [0.4, 0.5) is 0 Å². The average molecular weight is 1480 g/mol. The van der Waals surface area contributed by atoms with E-state index in [1.165, 1.54) is 218 Å². The van der Waals surface area contributed by atoms with Crippen LogP contribution in [0.15, 0.2) is 0 Å². The first-order chi connectivity index (χ1) is 48.6. The van der Waals surface area contributed by atoms with E-state index in [2.05, 4.69) is 55.4 Å². The van der Waals surface area contributed by atoms with Gasteiger partial charge < -0.3 is 33.8 Å². The molecule has 0 saturated carbocycles. The maximum Gasteiger partial charge on any atom is 0.472 e. The van der Waals surface area contributed by atoms with Crippen LogP contribution in [0.25, 0.3) is 0 Å². The number of esters is 4. The van der Waals surface area contributed by atoms with Gasteiger partial charge in [-0.3, -0.25) is 37.3 Å². The van der Waals surface area contributed by atoms with Crippen molar-refractivity contribution < 1.29 is 80.2 Å². The SMILES string of the molecule is CCC(C)CCCCCCCCCCCCC(=O)O[C@H](COC(=O)CCCCCCCCCCCCCCCCCCCCC(C)C)COP(=O)(O)OCC(O)COP(=O)(O)OC[C@@H](COC(=O)CCCCCCCCCC(C)C)OC(=O)CCCCCCCCCCCCCCCC(C)C. The van der Waals surface area contributed by atoms with Gasteiger partial charge >= 0.3 is 39.5 Å². The van der Waals surface area contributed by atoms with Crippen LogP contribution in [0.1, 0.15) is 421 Å². The molecule has 0 rings (SSSR count). The summed E-state index contributed by atoms with van der Waals surface area (Å²) in [4.78, 5) is 73.0. The van der Waals surface area contributed by atoms with E-state index < -0.39 is 97.5 Å². The molecule has 0 saturated heterocycles. The predicted octanol–water partition coefficient (Wildman–Crippen LogP) is 24.4. The first-order valence-electron chi connectivity index (χ1n) is 42.2. The molecule has 0 aromatic heterocycles. The molecule has 3 N–H and O–H groups in total. The summed E-state index contributed by atoms with van der Waals surface area (Å²) in [5.74, 6) is 1.00. The molecule has 6 atom stereocenters. The van der Waals surface area contributed by atoms with Gasteiger partial charge in [-0.25, -0.2) is 9.13 Å². The Morgan fingerprint density at radius 3 is 0.703 bits per heavy atom. The summed E-state index contributed by atoms with van der Waals surface area (Å²) in [7, 11) is -9.92. The monoisotopic (exact) mass is 1480 g/mol. The highest BCUT2D eigenvalue weighted by atomic mass is 31.2. The van der Waals surface area contributed by atoms with Crippen LogP contribution < -0.4 is 0 Å². The van der Waals surface area contributed by atoms with E-state index in [4.69, 9.17) is 37.0 Å². The fraction of sp³-hybridized carbons (Fsp3) is 0.951. The van der Waals surface area contributed by atoms with Crippen LogP contribution in [-0.2, 0) is 65.4 Å². The van der Waals surface area contributed by atoms with Crippen molar-refractivity contribution in [1.82, 2.24) is 0 Å². The van der Waals surface area contributed by atoms with Gasteiger partial charge in [-0.15, -0.1) is 0 Å². The maximum atomic E-state index is 13.1. The van der Waals surface area contributed by atoms with Crippen LogP contribution in [0.2, 0.25) is 0 Å². The Morgan fingerprint density at radius 1 is 0.277 bits per heavy atom. The molecule has 0 amide bonds. The van der Waals surface area contributed by atoms with Crippen molar-refractivity contribution >= 4 is 39.5 Å². The molecule has 0 aliphatic heterocycles. The van der Waals surface area contributed by atoms with Gasteiger partial charge in [0.2, 0.25) is 0 Å². The molecular weight excluding hydrogens is 1320 g/mol. The van der Waals surface area contributed by atoms with Crippen molar-refractivity contribution in [2.45, 2.75) is 440 Å². The van der Waals surface area contributed by atoms with E-state index >= 15 is 0 Å². The van der Waals surface area contributed by atoms with Crippen LogP contribution in [0.5, 0.6) is 0 Å². The Hall–Kier alpha value is -1.94. The van der Waals surface area contributed by atoms with Gasteiger partial charge in [-0.1, -0.05) is 370 Å². The highest BCUT2D eigenvalue weighted by Gasteiger charge is 2.30. The number of aliphatic hydroxyl groups is 1. The van der Waals surface area contributed by atoms with E-state index in [1.807, 2.05) is 0 Å². The second-order valence-corrected chi connectivity index (χ2v) is 34.1. The quantitative estimate of drug-likeness (QED) is 0.0222. The minimum absolute atomic E-state index is 0.106. The first-order valence-corrected chi connectivity index (χ1v) is 45.2. The van der Waals surface area contributed by atoms with Crippen molar-refractivity contribution in [1.29, 1.82) is 0 Å². The normalized spacial score (nSPS) is 14.3. The number of hydrogen-bond acceptors (Lipinski definition) is 15. The standard InChI is InChI=1S/C82H160O17P2/c1-9-75(8)61-53-45-37-29-25-26-32-40-49-57-65-82(87)98-77(68-92-79(84)62-54-46-38-30-23-19-15-13-11-10-12-14-17-21-27-34-42-50-58-72(2)3)70-96-100(88,89)94-66-76(83)67-95-101(90,91)97-71-78(69-93-80(85)63-55-47-41-33-36-44-52-60-74(6)7)99-81(86)64-56-48-39-31-24-20-16-18-22-28-35-43-51-59-73(4)5/h72-78,83H,9-71H2,1-8H3,(H,88,89)(H,90,91)/t75?,76?,77-,78-/m1/s1. The summed E-state index contributed by atoms with van der Waals surface area (Å²) in [5, 5.41) is 10.6. The van der Waals surface area contributed by atoms with E-state index in [0.29, 0.717) is 31.6 Å². The zero-order valence-corrected chi connectivity index (χ0v) is 68.3. The Kier molecular flexibility index (Phi) is 69.6. The number of carbonyl (C=O) groups excluding carboxylic acids is 4. The number of hydrogen-bond donors (Lipinski definition) is 3. The lowest BCUT2D eigenvalue weighted by atomic mass is 9.99. The molecule has 19 heteroatoms. The highest BCUT2D eigenvalue weighted by molar-refractivity contribution is 7.47. The lowest BCUT2D eigenvalue weighted by Crippen LogP contribution is -2.30. The number of phosphoric ester groups is 2. The molecule has 0 aliphatic rings. The minimum Gasteiger partial charge on any atom is -0.462 e. The Labute approximate surface area is 619 Å². The van der Waals surface area contributed by atoms with Crippen molar-refractivity contribution in [3.8, 4) is 0 Å². The third-order valence-corrected chi connectivity index (χ3v) is 21.3. The Balaban J connectivity index is 5.21. The number of unbranched alkanes of at least 4 members (excludes halogenated alkanes) is 44. The summed E-state index contributed by atoms with van der Waals surface area (Å²) in [6, 6.07) is 0. The molecule has 101 heavy (non-hydrogen) atoms. The topological polar surface area (TPSA) is 237 Å². The van der Waals surface area contributed by atoms with Crippen molar-refractivity contribution in [3.63, 3.8) is 0 Å². The molecule has 4 unspecified atom stereocenters. The molecule has 0 radical (unpaired) electrons. The number of rotatable bonds is 79. The number of phosphoric acid groups is 2. The molecule has 0 aromatic carbocycles. The van der Waals surface area contributed by atoms with Crippen molar-refractivity contribution in [2.24, 2.45) is 23.7 Å². The van der Waals surface area contributed by atoms with Gasteiger partial charge in [0.25, 0.3) is 0 Å². The van der Waals surface area contributed by atoms with Crippen molar-refractivity contribution in [3.05, 3.63) is 0 Å². The Bertz CT molecular complexity index is 1970. The van der Waals surface area contributed by atoms with Gasteiger partial charge in [0.1, 0.15) is 19.3 Å². The number of aliphatic hydroxyl groups excluding tert-OH is 1. The van der Waals surface area contributed by atoms with Gasteiger partial charge in [0.15, 0.2) is 12.2 Å². The third kappa shape index (κ3) is 74.7. The van der Waals surface area contributed by atoms with Gasteiger partial charge in [0, 0.05) is 25.7 Å². The molecule has 0 fully saturated rings. The smallest absolute Gasteiger partial charge is 0.462 e. The lowest BCUT2D eigenvalue weighted by molar-refractivity contribution is -0.161. The molecule has 600 valence electrons. The second-order valence-electron chi connectivity index (χ2n) is 31.2. The first kappa shape index (κ1) is 99.1. The van der Waals surface area contributed by atoms with Gasteiger partial charge in [-0.2, -0.15) is 0 Å². The zero-order valence-electron chi connectivity index (χ0n) is 66.5. The summed E-state index contributed by atoms with van der Waals surface area (Å²) >= 11 is 0. The molecule has 0 aromatic rings. The van der Waals surface area contributed by atoms with Crippen LogP contribution in [0, 0.1) is 23.7 Å². The number of ether oxygens (including phenoxy) is 4. The van der Waals surface area contributed by atoms with E-state index in [-0.39, 0.29) is 25.7 Å². The second kappa shape index (κ2) is 71.0. The molecule has 0 heterocycles. The van der Waals surface area contributed by atoms with E-state index in [9.17, 15) is 43.2 Å². The van der Waals surface area contributed by atoms with E-state index in [0.717, 1.165) is 114 Å². The number of carbonyl (C=O) groups is 4. The van der Waals surface area contributed by atoms with Crippen LogP contribution in [-0.4, -0.2) is 96.7 Å². The third-order valence-electron chi connectivity index (χ3n) is 19.4. The molecule has 0 spiro atoms. The molecule has 17 nitrogen and oxygen atoms in total. The summed E-state index contributed by atoms with van der Waals surface area (Å²) in [6.07, 6.45) is 58.4. The zero-order chi connectivity index (χ0) is 74.6. The Morgan fingerprint density at radius 2 is 0.475 bits per heavy atom. The largest absolute Gasteiger partial charge is 0.472 e. The molecule has 0 aliphatic carbocycles. The van der Waals surface area contributed by atoms with Gasteiger partial charge in [0.05, 0.1) is 26.4 Å². The van der Waals surface area contributed by atoms with Crippen LogP contribution in [0.3, 0.4) is 0 Å². The van der Waals surface area contributed by atoms with Crippen molar-refractivity contribution in [2.75, 3.05) is 39.6 Å². The maximum absolute atomic E-state index is 13.1. The highest BCUT2D eigenvalue weighted by Crippen LogP contribution is 2.45. The summed E-state index contributed by atoms with van der Waals surface area (Å²) in [5.41, 5.74) is 0. The predicted molar refractivity (Wildman–Crippen MR) is 414 cm³/mol. The average Bonchev–Trinajstić information content (AvgIpc) is 0.926. The summed E-state index contributed by atoms with van der Waals surface area (Å²) in [6.45, 7) is 14.3. The fourth-order valence-corrected chi connectivity index (χ4v) is 14.2. The molecular formula is C82H160O17P2. The fourth-order valence-electron chi connectivity index (χ4n) is 12.6. The van der Waals surface area contributed by atoms with Gasteiger partial charge in [-0.05, 0) is 49.4 Å².